The van der Waals surface area contributed by atoms with Crippen molar-refractivity contribution in [2.24, 2.45) is 4.99 Å². The van der Waals surface area contributed by atoms with Crippen LogP contribution in [0.4, 0.5) is 11.4 Å². The van der Waals surface area contributed by atoms with Crippen LogP contribution in [-0.4, -0.2) is 16.2 Å². The number of benzene rings is 2. The molecule has 2 aromatic carbocycles. The Morgan fingerprint density at radius 3 is 2.57 bits per heavy atom. The lowest BCUT2D eigenvalue weighted by Gasteiger charge is -2.04. The number of aryl methyl sites for hydroxylation is 2. The second-order valence-corrected chi connectivity index (χ2v) is 5.06. The molecule has 1 N–H and O–H groups in total. The first-order valence-corrected chi connectivity index (χ1v) is 6.54. The first kappa shape index (κ1) is 15.0. The number of phenols is 1. The fraction of sp³-hybridized carbons (Fsp3) is 0.133. The number of phenolic OH excluding ortho intramolecular Hbond substituents is 1. The molecule has 0 aromatic heterocycles. The second kappa shape index (κ2) is 5.93. The smallest absolute Gasteiger partial charge is 0.288 e. The van der Waals surface area contributed by atoms with Crippen LogP contribution in [0.15, 0.2) is 35.3 Å². The lowest BCUT2D eigenvalue weighted by molar-refractivity contribution is -0.384. The molecule has 0 fully saturated rings. The number of halogens is 1. The molecule has 0 atom stereocenters. The summed E-state index contributed by atoms with van der Waals surface area (Å²) in [6.07, 6.45) is 1.45. The molecule has 0 saturated heterocycles. The zero-order chi connectivity index (χ0) is 15.6. The van der Waals surface area contributed by atoms with Crippen molar-refractivity contribution >= 4 is 29.2 Å². The molecule has 5 nitrogen and oxygen atoms in total. The molecule has 0 heterocycles. The highest BCUT2D eigenvalue weighted by Crippen LogP contribution is 2.30. The number of aliphatic imine (C=N–C) groups is 1. The molecule has 21 heavy (non-hydrogen) atoms. The quantitative estimate of drug-likeness (QED) is 0.521. The Kier molecular flexibility index (Phi) is 4.23. The predicted molar refractivity (Wildman–Crippen MR) is 82.9 cm³/mol. The SMILES string of the molecule is Cc1cc(O)c(N=Cc2ccc(Cl)c([N+](=O)[O-])c2)cc1C. The minimum atomic E-state index is -0.548. The van der Waals surface area contributed by atoms with E-state index in [0.29, 0.717) is 11.3 Å². The normalized spacial score (nSPS) is 11.0. The van der Waals surface area contributed by atoms with Gasteiger partial charge in [-0.2, -0.15) is 0 Å². The van der Waals surface area contributed by atoms with Crippen molar-refractivity contribution in [2.45, 2.75) is 13.8 Å². The Labute approximate surface area is 126 Å². The summed E-state index contributed by atoms with van der Waals surface area (Å²) in [5.41, 5.74) is 2.74. The van der Waals surface area contributed by atoms with Gasteiger partial charge in [-0.1, -0.05) is 17.7 Å². The van der Waals surface area contributed by atoms with E-state index in [2.05, 4.69) is 4.99 Å². The maximum atomic E-state index is 10.8. The van der Waals surface area contributed by atoms with Crippen LogP contribution in [0.5, 0.6) is 5.75 Å². The Balaban J connectivity index is 2.36. The molecule has 0 bridgehead atoms. The molecule has 0 radical (unpaired) electrons. The number of aromatic hydroxyl groups is 1. The number of nitro groups is 1. The van der Waals surface area contributed by atoms with Gasteiger partial charge in [-0.25, -0.2) is 0 Å². The van der Waals surface area contributed by atoms with Gasteiger partial charge in [-0.15, -0.1) is 0 Å². The molecule has 0 aliphatic rings. The summed E-state index contributed by atoms with van der Waals surface area (Å²) in [7, 11) is 0. The standard InChI is InChI=1S/C15H13ClN2O3/c1-9-5-13(15(19)6-10(9)2)17-8-11-3-4-12(16)14(7-11)18(20)21/h3-8,19H,1-2H3. The Morgan fingerprint density at radius 1 is 1.24 bits per heavy atom. The zero-order valence-corrected chi connectivity index (χ0v) is 12.3. The number of rotatable bonds is 3. The number of nitrogens with zero attached hydrogens (tertiary/aromatic N) is 2. The summed E-state index contributed by atoms with van der Waals surface area (Å²) in [6.45, 7) is 3.81. The van der Waals surface area contributed by atoms with E-state index in [0.717, 1.165) is 11.1 Å². The van der Waals surface area contributed by atoms with Crippen molar-refractivity contribution < 1.29 is 10.0 Å². The minimum Gasteiger partial charge on any atom is -0.506 e. The summed E-state index contributed by atoms with van der Waals surface area (Å²) in [4.78, 5) is 14.4. The van der Waals surface area contributed by atoms with Crippen LogP contribution in [0.25, 0.3) is 0 Å². The largest absolute Gasteiger partial charge is 0.506 e. The molecule has 0 spiro atoms. The summed E-state index contributed by atoms with van der Waals surface area (Å²) in [6, 6.07) is 7.79. The molecular formula is C15H13ClN2O3. The van der Waals surface area contributed by atoms with Gasteiger partial charge in [0.2, 0.25) is 0 Å². The molecule has 2 rings (SSSR count). The van der Waals surface area contributed by atoms with Crippen LogP contribution < -0.4 is 0 Å². The lowest BCUT2D eigenvalue weighted by Crippen LogP contribution is -1.91. The van der Waals surface area contributed by atoms with Crippen LogP contribution in [0, 0.1) is 24.0 Å². The zero-order valence-electron chi connectivity index (χ0n) is 11.5. The van der Waals surface area contributed by atoms with Crippen molar-refractivity contribution in [3.05, 3.63) is 62.2 Å². The molecule has 0 aliphatic carbocycles. The lowest BCUT2D eigenvalue weighted by atomic mass is 10.1. The van der Waals surface area contributed by atoms with Gasteiger partial charge in [-0.3, -0.25) is 15.1 Å². The number of hydrogen-bond acceptors (Lipinski definition) is 4. The van der Waals surface area contributed by atoms with Gasteiger partial charge in [0, 0.05) is 12.3 Å². The van der Waals surface area contributed by atoms with Crippen molar-refractivity contribution in [3.8, 4) is 5.75 Å². The van der Waals surface area contributed by atoms with Crippen LogP contribution >= 0.6 is 11.6 Å². The van der Waals surface area contributed by atoms with Gasteiger partial charge in [0.05, 0.1) is 4.92 Å². The third kappa shape index (κ3) is 3.38. The fourth-order valence-electron chi connectivity index (χ4n) is 1.78. The molecule has 0 saturated carbocycles. The van der Waals surface area contributed by atoms with E-state index in [9.17, 15) is 15.2 Å². The summed E-state index contributed by atoms with van der Waals surface area (Å²) in [5.74, 6) is 0.0674. The van der Waals surface area contributed by atoms with Crippen LogP contribution in [0.1, 0.15) is 16.7 Å². The molecule has 0 amide bonds. The van der Waals surface area contributed by atoms with Crippen LogP contribution in [0.2, 0.25) is 5.02 Å². The maximum Gasteiger partial charge on any atom is 0.288 e. The third-order valence-corrected chi connectivity index (χ3v) is 3.43. The van der Waals surface area contributed by atoms with Gasteiger partial charge in [0.1, 0.15) is 16.5 Å². The van der Waals surface area contributed by atoms with E-state index >= 15 is 0 Å². The van der Waals surface area contributed by atoms with Crippen LogP contribution in [-0.2, 0) is 0 Å². The summed E-state index contributed by atoms with van der Waals surface area (Å²) in [5, 5.41) is 20.7. The molecule has 0 unspecified atom stereocenters. The van der Waals surface area contributed by atoms with E-state index in [4.69, 9.17) is 11.6 Å². The van der Waals surface area contributed by atoms with Crippen molar-refractivity contribution in [1.82, 2.24) is 0 Å². The molecule has 0 aliphatic heterocycles. The Morgan fingerprint density at radius 2 is 1.90 bits per heavy atom. The number of hydrogen-bond donors (Lipinski definition) is 1. The maximum absolute atomic E-state index is 10.8. The summed E-state index contributed by atoms with van der Waals surface area (Å²) < 4.78 is 0. The molecule has 2 aromatic rings. The van der Waals surface area contributed by atoms with Crippen LogP contribution in [0.3, 0.4) is 0 Å². The van der Waals surface area contributed by atoms with Gasteiger partial charge in [-0.05, 0) is 48.7 Å². The van der Waals surface area contributed by atoms with E-state index in [-0.39, 0.29) is 16.5 Å². The highest BCUT2D eigenvalue weighted by atomic mass is 35.5. The van der Waals surface area contributed by atoms with Crippen molar-refractivity contribution in [3.63, 3.8) is 0 Å². The number of nitro benzene ring substituents is 1. The van der Waals surface area contributed by atoms with E-state index in [1.54, 1.807) is 18.2 Å². The topological polar surface area (TPSA) is 75.7 Å². The Hall–Kier alpha value is -2.40. The highest BCUT2D eigenvalue weighted by molar-refractivity contribution is 6.32. The van der Waals surface area contributed by atoms with E-state index in [1.807, 2.05) is 13.8 Å². The minimum absolute atomic E-state index is 0.0674. The van der Waals surface area contributed by atoms with Gasteiger partial charge in [0.25, 0.3) is 5.69 Å². The van der Waals surface area contributed by atoms with Gasteiger partial charge < -0.3 is 5.11 Å². The third-order valence-electron chi connectivity index (χ3n) is 3.11. The van der Waals surface area contributed by atoms with E-state index < -0.39 is 4.92 Å². The monoisotopic (exact) mass is 304 g/mol. The summed E-state index contributed by atoms with van der Waals surface area (Å²) >= 11 is 5.75. The fourth-order valence-corrected chi connectivity index (χ4v) is 1.97. The molecular weight excluding hydrogens is 292 g/mol. The molecule has 6 heteroatoms. The highest BCUT2D eigenvalue weighted by Gasteiger charge is 2.12. The van der Waals surface area contributed by atoms with Crippen molar-refractivity contribution in [1.29, 1.82) is 0 Å². The second-order valence-electron chi connectivity index (χ2n) is 4.65. The van der Waals surface area contributed by atoms with Gasteiger partial charge >= 0.3 is 0 Å². The molecule has 108 valence electrons. The first-order valence-electron chi connectivity index (χ1n) is 6.16. The average molecular weight is 305 g/mol. The predicted octanol–water partition coefficient (Wildman–Crippen LogP) is 4.32. The van der Waals surface area contributed by atoms with Gasteiger partial charge in [0.15, 0.2) is 0 Å². The first-order chi connectivity index (χ1) is 9.88. The average Bonchev–Trinajstić information content (AvgIpc) is 2.42. The Bertz CT molecular complexity index is 742. The van der Waals surface area contributed by atoms with E-state index in [1.165, 1.54) is 18.3 Å². The van der Waals surface area contributed by atoms with Crippen molar-refractivity contribution in [2.75, 3.05) is 0 Å².